The van der Waals surface area contributed by atoms with Gasteiger partial charge in [-0.2, -0.15) is 0 Å². The Labute approximate surface area is 171 Å². The Bertz CT molecular complexity index is 845. The second kappa shape index (κ2) is 8.53. The van der Waals surface area contributed by atoms with Crippen molar-refractivity contribution in [3.05, 3.63) is 21.4 Å². The van der Waals surface area contributed by atoms with Gasteiger partial charge in [-0.15, -0.1) is 11.3 Å². The number of hydrogen-bond donors (Lipinski definition) is 0. The van der Waals surface area contributed by atoms with Crippen LogP contribution in [0, 0.1) is 5.92 Å². The summed E-state index contributed by atoms with van der Waals surface area (Å²) in [6, 6.07) is -0.429. The molecule has 1 aliphatic heterocycles. The van der Waals surface area contributed by atoms with Crippen LogP contribution in [0.5, 0.6) is 0 Å². The van der Waals surface area contributed by atoms with Crippen molar-refractivity contribution in [3.8, 4) is 0 Å². The number of sulfone groups is 1. The lowest BCUT2D eigenvalue weighted by Crippen LogP contribution is -2.48. The Kier molecular flexibility index (Phi) is 6.49. The van der Waals surface area contributed by atoms with Crippen LogP contribution in [0.1, 0.15) is 60.8 Å². The van der Waals surface area contributed by atoms with Crippen molar-refractivity contribution in [1.82, 2.24) is 4.90 Å². The molecule has 2 heterocycles. The highest BCUT2D eigenvalue weighted by Crippen LogP contribution is 2.33. The van der Waals surface area contributed by atoms with Gasteiger partial charge in [-0.3, -0.25) is 4.79 Å². The number of rotatable bonds is 6. The van der Waals surface area contributed by atoms with Crippen LogP contribution in [0.25, 0.3) is 0 Å². The van der Waals surface area contributed by atoms with Crippen LogP contribution in [-0.4, -0.2) is 55.4 Å². The predicted molar refractivity (Wildman–Crippen MR) is 109 cm³/mol. The number of esters is 1. The fourth-order valence-electron chi connectivity index (χ4n) is 4.13. The molecule has 1 aromatic rings. The number of carbonyl (C=O) groups excluding carboxylic acids is 2. The fourth-order valence-corrected chi connectivity index (χ4v) is 7.07. The molecule has 6 nitrogen and oxygen atoms in total. The lowest BCUT2D eigenvalue weighted by atomic mass is 9.88. The molecule has 8 heteroatoms. The third kappa shape index (κ3) is 4.59. The topological polar surface area (TPSA) is 80.8 Å². The molecule has 0 bridgehead atoms. The first-order chi connectivity index (χ1) is 13.2. The zero-order valence-electron chi connectivity index (χ0n) is 16.8. The van der Waals surface area contributed by atoms with Gasteiger partial charge in [0.15, 0.2) is 16.4 Å². The molecule has 1 aliphatic carbocycles. The monoisotopic (exact) mass is 427 g/mol. The SMILES string of the molecule is CC[C@H](C)N(C(=O)COC(=O)c1csc2c1CC[C@H](C)C2)[C@H]1CCS(=O)(=O)C1. The summed E-state index contributed by atoms with van der Waals surface area (Å²) in [5.74, 6) is -0.0425. The normalized spacial score (nSPS) is 24.4. The average Bonchev–Trinajstić information content (AvgIpc) is 3.22. The van der Waals surface area contributed by atoms with Gasteiger partial charge in [0.05, 0.1) is 17.1 Å². The predicted octanol–water partition coefficient (Wildman–Crippen LogP) is 2.84. The smallest absolute Gasteiger partial charge is 0.339 e. The maximum atomic E-state index is 12.8. The van der Waals surface area contributed by atoms with Crippen molar-refractivity contribution in [3.63, 3.8) is 0 Å². The van der Waals surface area contributed by atoms with E-state index in [4.69, 9.17) is 4.74 Å². The third-order valence-electron chi connectivity index (χ3n) is 5.90. The van der Waals surface area contributed by atoms with Crippen LogP contribution in [-0.2, 0) is 32.2 Å². The first-order valence-corrected chi connectivity index (χ1v) is 12.7. The maximum absolute atomic E-state index is 12.8. The van der Waals surface area contributed by atoms with Gasteiger partial charge in [-0.25, -0.2) is 13.2 Å². The van der Waals surface area contributed by atoms with Gasteiger partial charge in [-0.05, 0) is 50.5 Å². The van der Waals surface area contributed by atoms with Gasteiger partial charge in [0, 0.05) is 22.3 Å². The second-order valence-corrected chi connectivity index (χ2v) is 11.3. The lowest BCUT2D eigenvalue weighted by Gasteiger charge is -2.33. The Morgan fingerprint density at radius 1 is 1.36 bits per heavy atom. The summed E-state index contributed by atoms with van der Waals surface area (Å²) in [7, 11) is -3.10. The minimum absolute atomic E-state index is 0.00670. The van der Waals surface area contributed by atoms with E-state index in [0.717, 1.165) is 24.8 Å². The number of ether oxygens (including phenoxy) is 1. The largest absolute Gasteiger partial charge is 0.452 e. The summed E-state index contributed by atoms with van der Waals surface area (Å²) in [5, 5.41) is 1.84. The van der Waals surface area contributed by atoms with Crippen LogP contribution < -0.4 is 0 Å². The molecule has 1 saturated heterocycles. The molecule has 1 fully saturated rings. The van der Waals surface area contributed by atoms with E-state index in [9.17, 15) is 18.0 Å². The van der Waals surface area contributed by atoms with E-state index < -0.39 is 15.8 Å². The van der Waals surface area contributed by atoms with Gasteiger partial charge in [0.2, 0.25) is 0 Å². The lowest BCUT2D eigenvalue weighted by molar-refractivity contribution is -0.138. The first kappa shape index (κ1) is 21.3. The minimum Gasteiger partial charge on any atom is -0.452 e. The van der Waals surface area contributed by atoms with E-state index in [1.165, 1.54) is 4.88 Å². The number of fused-ring (bicyclic) bond motifs is 1. The van der Waals surface area contributed by atoms with Gasteiger partial charge in [-0.1, -0.05) is 13.8 Å². The van der Waals surface area contributed by atoms with Crippen molar-refractivity contribution < 1.29 is 22.7 Å². The number of thiophene rings is 1. The highest BCUT2D eigenvalue weighted by molar-refractivity contribution is 7.91. The summed E-state index contributed by atoms with van der Waals surface area (Å²) in [4.78, 5) is 28.2. The van der Waals surface area contributed by atoms with E-state index >= 15 is 0 Å². The molecule has 0 unspecified atom stereocenters. The molecule has 0 N–H and O–H groups in total. The van der Waals surface area contributed by atoms with Crippen molar-refractivity contribution in [1.29, 1.82) is 0 Å². The molecule has 0 aromatic carbocycles. The third-order valence-corrected chi connectivity index (χ3v) is 8.71. The summed E-state index contributed by atoms with van der Waals surface area (Å²) in [6.07, 6.45) is 4.08. The van der Waals surface area contributed by atoms with E-state index in [0.29, 0.717) is 24.3 Å². The molecule has 0 saturated carbocycles. The Balaban J connectivity index is 1.65. The molecule has 3 atom stereocenters. The van der Waals surface area contributed by atoms with Gasteiger partial charge in [0.25, 0.3) is 5.91 Å². The van der Waals surface area contributed by atoms with Crippen LogP contribution >= 0.6 is 11.3 Å². The summed E-state index contributed by atoms with van der Waals surface area (Å²) >= 11 is 1.59. The van der Waals surface area contributed by atoms with Gasteiger partial charge in [0.1, 0.15) is 0 Å². The summed E-state index contributed by atoms with van der Waals surface area (Å²) in [6.45, 7) is 5.73. The molecular formula is C20H29NO5S2. The molecular weight excluding hydrogens is 398 g/mol. The van der Waals surface area contributed by atoms with Gasteiger partial charge >= 0.3 is 5.97 Å². The molecule has 0 radical (unpaired) electrons. The standard InChI is InChI=1S/C20H29NO5S2/c1-4-14(3)21(15-7-8-28(24,25)12-15)19(22)10-26-20(23)17-11-27-18-9-13(2)5-6-16(17)18/h11,13-15H,4-10,12H2,1-3H3/t13-,14-,15-/m0/s1. The van der Waals surface area contributed by atoms with E-state index in [1.54, 1.807) is 16.2 Å². The van der Waals surface area contributed by atoms with Gasteiger partial charge < -0.3 is 9.64 Å². The number of amides is 1. The van der Waals surface area contributed by atoms with Crippen LogP contribution in [0.3, 0.4) is 0 Å². The van der Waals surface area contributed by atoms with E-state index in [2.05, 4.69) is 6.92 Å². The van der Waals surface area contributed by atoms with Crippen LogP contribution in [0.15, 0.2) is 5.38 Å². The van der Waals surface area contributed by atoms with Crippen LogP contribution in [0.2, 0.25) is 0 Å². The molecule has 28 heavy (non-hydrogen) atoms. The fraction of sp³-hybridized carbons (Fsp3) is 0.700. The van der Waals surface area contributed by atoms with E-state index in [1.807, 2.05) is 19.2 Å². The van der Waals surface area contributed by atoms with Crippen molar-refractivity contribution in [2.24, 2.45) is 5.92 Å². The zero-order valence-corrected chi connectivity index (χ0v) is 18.4. The second-order valence-electron chi connectivity index (χ2n) is 8.09. The summed E-state index contributed by atoms with van der Waals surface area (Å²) in [5.41, 5.74) is 1.65. The number of nitrogens with zero attached hydrogens (tertiary/aromatic N) is 1. The quantitative estimate of drug-likeness (QED) is 0.652. The first-order valence-electron chi connectivity index (χ1n) is 9.99. The highest BCUT2D eigenvalue weighted by atomic mass is 32.2. The van der Waals surface area contributed by atoms with Crippen LogP contribution in [0.4, 0.5) is 0 Å². The van der Waals surface area contributed by atoms with Crippen molar-refractivity contribution >= 4 is 33.1 Å². The summed E-state index contributed by atoms with van der Waals surface area (Å²) < 4.78 is 29.0. The molecule has 0 spiro atoms. The van der Waals surface area contributed by atoms with E-state index in [-0.39, 0.29) is 36.1 Å². The average molecular weight is 428 g/mol. The number of hydrogen-bond acceptors (Lipinski definition) is 6. The van der Waals surface area contributed by atoms with Crippen molar-refractivity contribution in [2.75, 3.05) is 18.1 Å². The Morgan fingerprint density at radius 2 is 2.11 bits per heavy atom. The molecule has 1 aromatic heterocycles. The highest BCUT2D eigenvalue weighted by Gasteiger charge is 2.37. The maximum Gasteiger partial charge on any atom is 0.339 e. The van der Waals surface area contributed by atoms with Crippen molar-refractivity contribution in [2.45, 2.75) is 65.0 Å². The minimum atomic E-state index is -3.10. The molecule has 156 valence electrons. The zero-order chi connectivity index (χ0) is 20.5. The molecule has 1 amide bonds. The molecule has 2 aliphatic rings. The number of carbonyl (C=O) groups is 2. The molecule has 3 rings (SSSR count). The Morgan fingerprint density at radius 3 is 2.75 bits per heavy atom. The Hall–Kier alpha value is -1.41.